The zero-order chi connectivity index (χ0) is 19.3. The molecule has 1 aliphatic rings. The maximum absolute atomic E-state index is 12.3. The van der Waals surface area contributed by atoms with Gasteiger partial charge in [0.1, 0.15) is 0 Å². The molecule has 0 saturated heterocycles. The minimum absolute atomic E-state index is 0.00966. The van der Waals surface area contributed by atoms with Crippen molar-refractivity contribution in [2.45, 2.75) is 71.9 Å². The lowest BCUT2D eigenvalue weighted by Crippen LogP contribution is -2.47. The molecule has 1 aliphatic carbocycles. The van der Waals surface area contributed by atoms with E-state index in [-0.39, 0.29) is 30.6 Å². The number of esters is 1. The van der Waals surface area contributed by atoms with Crippen molar-refractivity contribution in [3.63, 3.8) is 0 Å². The Balaban J connectivity index is 1.75. The van der Waals surface area contributed by atoms with Crippen LogP contribution in [0.25, 0.3) is 0 Å². The number of nitrogens with one attached hydrogen (secondary N) is 1. The summed E-state index contributed by atoms with van der Waals surface area (Å²) >= 11 is 1.42. The molecule has 6 heteroatoms. The van der Waals surface area contributed by atoms with E-state index >= 15 is 0 Å². The Hall–Kier alpha value is -1.69. The van der Waals surface area contributed by atoms with Crippen LogP contribution in [-0.4, -0.2) is 29.8 Å². The van der Waals surface area contributed by atoms with Crippen molar-refractivity contribution in [3.8, 4) is 0 Å². The Bertz CT molecular complexity index is 654. The van der Waals surface area contributed by atoms with Crippen molar-refractivity contribution in [2.75, 3.05) is 0 Å². The summed E-state index contributed by atoms with van der Waals surface area (Å²) in [4.78, 5) is 38.0. The highest BCUT2D eigenvalue weighted by molar-refractivity contribution is 7.14. The molecular formula is C20H29NO4S. The van der Waals surface area contributed by atoms with E-state index in [1.165, 1.54) is 17.8 Å². The van der Waals surface area contributed by atoms with E-state index in [1.54, 1.807) is 13.0 Å². The first kappa shape index (κ1) is 20.6. The number of rotatable bonds is 7. The third kappa shape index (κ3) is 5.66. The summed E-state index contributed by atoms with van der Waals surface area (Å²) in [6.45, 7) is 7.88. The Morgan fingerprint density at radius 2 is 1.96 bits per heavy atom. The van der Waals surface area contributed by atoms with Crippen molar-refractivity contribution < 1.29 is 19.1 Å². The van der Waals surface area contributed by atoms with Gasteiger partial charge in [0.15, 0.2) is 11.9 Å². The molecule has 1 heterocycles. The fourth-order valence-corrected chi connectivity index (χ4v) is 4.15. The third-order valence-electron chi connectivity index (χ3n) is 5.28. The molecule has 1 aromatic heterocycles. The highest BCUT2D eigenvalue weighted by Crippen LogP contribution is 2.29. The lowest BCUT2D eigenvalue weighted by molar-refractivity contribution is -0.155. The van der Waals surface area contributed by atoms with Gasteiger partial charge in [0.25, 0.3) is 5.91 Å². The van der Waals surface area contributed by atoms with Crippen LogP contribution in [0.15, 0.2) is 12.1 Å². The number of thiophene rings is 1. The van der Waals surface area contributed by atoms with E-state index in [0.717, 1.165) is 17.7 Å². The van der Waals surface area contributed by atoms with Gasteiger partial charge in [-0.15, -0.1) is 11.3 Å². The number of ketones is 1. The van der Waals surface area contributed by atoms with Crippen molar-refractivity contribution in [3.05, 3.63) is 21.9 Å². The molecule has 0 unspecified atom stereocenters. The van der Waals surface area contributed by atoms with Crippen LogP contribution in [0.2, 0.25) is 0 Å². The largest absolute Gasteiger partial charge is 0.453 e. The first-order chi connectivity index (χ1) is 12.3. The van der Waals surface area contributed by atoms with Crippen LogP contribution in [0.1, 0.15) is 67.4 Å². The lowest BCUT2D eigenvalue weighted by atomic mass is 9.78. The average molecular weight is 380 g/mol. The predicted molar refractivity (Wildman–Crippen MR) is 102 cm³/mol. The van der Waals surface area contributed by atoms with Gasteiger partial charge >= 0.3 is 5.97 Å². The fraction of sp³-hybridized carbons (Fsp3) is 0.650. The number of hydrogen-bond acceptors (Lipinski definition) is 5. The van der Waals surface area contributed by atoms with Crippen LogP contribution in [0.3, 0.4) is 0 Å². The molecular weight excluding hydrogens is 350 g/mol. The molecule has 1 amide bonds. The summed E-state index contributed by atoms with van der Waals surface area (Å²) in [5.74, 6) is 0.160. The molecule has 1 saturated carbocycles. The van der Waals surface area contributed by atoms with E-state index in [0.29, 0.717) is 16.7 Å². The van der Waals surface area contributed by atoms with Gasteiger partial charge in [-0.2, -0.15) is 0 Å². The highest BCUT2D eigenvalue weighted by Gasteiger charge is 2.30. The molecule has 26 heavy (non-hydrogen) atoms. The SMILES string of the molecule is Cc1ccc(C(=O)CCC(=O)O[C@H](C)C(=O)N[C@H]2CCC[C@H](C)[C@@H]2C)s1. The number of amides is 1. The molecule has 4 atom stereocenters. The van der Waals surface area contributed by atoms with Crippen LogP contribution in [0.5, 0.6) is 0 Å². The van der Waals surface area contributed by atoms with Crippen molar-refractivity contribution >= 4 is 29.0 Å². The Labute approximate surface area is 159 Å². The van der Waals surface area contributed by atoms with E-state index in [9.17, 15) is 14.4 Å². The first-order valence-corrected chi connectivity index (χ1v) is 10.2. The fourth-order valence-electron chi connectivity index (χ4n) is 3.32. The Morgan fingerprint density at radius 1 is 1.23 bits per heavy atom. The van der Waals surface area contributed by atoms with Gasteiger partial charge in [-0.3, -0.25) is 14.4 Å². The highest BCUT2D eigenvalue weighted by atomic mass is 32.1. The number of ether oxygens (including phenoxy) is 1. The molecule has 0 bridgehead atoms. The second kappa shape index (κ2) is 9.31. The molecule has 144 valence electrons. The zero-order valence-corrected chi connectivity index (χ0v) is 16.9. The van der Waals surface area contributed by atoms with Crippen molar-refractivity contribution in [1.82, 2.24) is 5.32 Å². The summed E-state index contributed by atoms with van der Waals surface area (Å²) in [6, 6.07) is 3.79. The summed E-state index contributed by atoms with van der Waals surface area (Å²) in [5, 5.41) is 3.02. The molecule has 1 aromatic rings. The molecule has 0 aromatic carbocycles. The quantitative estimate of drug-likeness (QED) is 0.576. The predicted octanol–water partition coefficient (Wildman–Crippen LogP) is 3.89. The van der Waals surface area contributed by atoms with Gasteiger partial charge in [-0.1, -0.05) is 26.7 Å². The van der Waals surface area contributed by atoms with Gasteiger partial charge in [0.2, 0.25) is 0 Å². The maximum atomic E-state index is 12.3. The van der Waals surface area contributed by atoms with Crippen LogP contribution >= 0.6 is 11.3 Å². The minimum atomic E-state index is -0.842. The minimum Gasteiger partial charge on any atom is -0.453 e. The molecule has 1 N–H and O–H groups in total. The molecule has 0 aliphatic heterocycles. The van der Waals surface area contributed by atoms with E-state index in [4.69, 9.17) is 4.74 Å². The molecule has 5 nitrogen and oxygen atoms in total. The summed E-state index contributed by atoms with van der Waals surface area (Å²) < 4.78 is 5.21. The van der Waals surface area contributed by atoms with Crippen LogP contribution < -0.4 is 5.32 Å². The Kier molecular flexibility index (Phi) is 7.38. The van der Waals surface area contributed by atoms with Crippen LogP contribution in [-0.2, 0) is 14.3 Å². The van der Waals surface area contributed by atoms with E-state index in [2.05, 4.69) is 19.2 Å². The van der Waals surface area contributed by atoms with Gasteiger partial charge in [-0.25, -0.2) is 0 Å². The number of aryl methyl sites for hydroxylation is 1. The number of carbonyl (C=O) groups excluding carboxylic acids is 3. The van der Waals surface area contributed by atoms with Crippen LogP contribution in [0.4, 0.5) is 0 Å². The smallest absolute Gasteiger partial charge is 0.307 e. The Morgan fingerprint density at radius 3 is 2.62 bits per heavy atom. The number of hydrogen-bond donors (Lipinski definition) is 1. The maximum Gasteiger partial charge on any atom is 0.307 e. The second-order valence-electron chi connectivity index (χ2n) is 7.35. The van der Waals surface area contributed by atoms with E-state index < -0.39 is 12.1 Å². The number of carbonyl (C=O) groups is 3. The van der Waals surface area contributed by atoms with Gasteiger partial charge in [0.05, 0.1) is 11.3 Å². The van der Waals surface area contributed by atoms with Gasteiger partial charge < -0.3 is 10.1 Å². The third-order valence-corrected chi connectivity index (χ3v) is 6.33. The second-order valence-corrected chi connectivity index (χ2v) is 8.64. The summed E-state index contributed by atoms with van der Waals surface area (Å²) in [6.07, 6.45) is 2.51. The average Bonchev–Trinajstić information content (AvgIpc) is 3.03. The molecule has 0 radical (unpaired) electrons. The van der Waals surface area contributed by atoms with Gasteiger partial charge in [-0.05, 0) is 44.2 Å². The zero-order valence-electron chi connectivity index (χ0n) is 16.0. The monoisotopic (exact) mass is 379 g/mol. The van der Waals surface area contributed by atoms with Gasteiger partial charge in [0, 0.05) is 17.3 Å². The molecule has 2 rings (SSSR count). The first-order valence-electron chi connectivity index (χ1n) is 9.37. The van der Waals surface area contributed by atoms with Crippen molar-refractivity contribution in [1.29, 1.82) is 0 Å². The standard InChI is InChI=1S/C20H29NO4S/c1-12-6-5-7-16(14(12)3)21-20(24)15(4)25-19(23)11-9-17(22)18-10-8-13(2)26-18/h8,10,12,14-16H,5-7,9,11H2,1-4H3,(H,21,24)/t12-,14-,15+,16-/m0/s1. The molecule has 0 spiro atoms. The number of Topliss-reactive ketones (excluding diaryl/α,β-unsaturated/α-hetero) is 1. The topological polar surface area (TPSA) is 72.5 Å². The lowest BCUT2D eigenvalue weighted by Gasteiger charge is -2.35. The van der Waals surface area contributed by atoms with E-state index in [1.807, 2.05) is 13.0 Å². The van der Waals surface area contributed by atoms with Crippen LogP contribution in [0, 0.1) is 18.8 Å². The summed E-state index contributed by atoms with van der Waals surface area (Å²) in [5.41, 5.74) is 0. The summed E-state index contributed by atoms with van der Waals surface area (Å²) in [7, 11) is 0. The van der Waals surface area contributed by atoms with Crippen molar-refractivity contribution in [2.24, 2.45) is 11.8 Å². The molecule has 1 fully saturated rings. The normalized spacial score (nSPS) is 23.9.